The number of hydrogen-bond acceptors (Lipinski definition) is 6. The van der Waals surface area contributed by atoms with Crippen molar-refractivity contribution in [3.8, 4) is 11.7 Å². The lowest BCUT2D eigenvalue weighted by Crippen LogP contribution is -2.47. The summed E-state index contributed by atoms with van der Waals surface area (Å²) in [6, 6.07) is 3.20. The average Bonchev–Trinajstić information content (AvgIpc) is 3.17. The van der Waals surface area contributed by atoms with Crippen molar-refractivity contribution >= 4 is 23.6 Å². The van der Waals surface area contributed by atoms with E-state index in [0.717, 1.165) is 5.75 Å². The fourth-order valence-electron chi connectivity index (χ4n) is 2.70. The number of nitrogens with zero attached hydrogens (tertiary/aromatic N) is 2. The van der Waals surface area contributed by atoms with Crippen molar-refractivity contribution in [2.24, 2.45) is 0 Å². The SMILES string of the molecule is Cc1oc(-c2ccco2)nc1CC(=O)N1CCSCC1CC(=O)O. The number of carboxylic acids is 1. The molecule has 128 valence electrons. The zero-order valence-electron chi connectivity index (χ0n) is 13.2. The molecule has 0 aromatic carbocycles. The third-order valence-electron chi connectivity index (χ3n) is 3.90. The van der Waals surface area contributed by atoms with Gasteiger partial charge in [0.2, 0.25) is 5.91 Å². The summed E-state index contributed by atoms with van der Waals surface area (Å²) in [6.45, 7) is 2.31. The highest BCUT2D eigenvalue weighted by molar-refractivity contribution is 7.99. The van der Waals surface area contributed by atoms with Crippen molar-refractivity contribution < 1.29 is 23.5 Å². The van der Waals surface area contributed by atoms with E-state index in [1.807, 2.05) is 0 Å². The standard InChI is InChI=1S/C16H18N2O5S/c1-10-12(17-16(23-10)13-3-2-5-22-13)8-14(19)18-4-6-24-9-11(18)7-15(20)21/h2-3,5,11H,4,6-9H2,1H3,(H,20,21). The predicted molar refractivity (Wildman–Crippen MR) is 87.7 cm³/mol. The van der Waals surface area contributed by atoms with Crippen LogP contribution in [0.4, 0.5) is 0 Å². The molecule has 1 aliphatic rings. The molecule has 1 aliphatic heterocycles. The summed E-state index contributed by atoms with van der Waals surface area (Å²) in [4.78, 5) is 29.6. The Morgan fingerprint density at radius 2 is 2.33 bits per heavy atom. The van der Waals surface area contributed by atoms with Crippen molar-refractivity contribution in [2.75, 3.05) is 18.1 Å². The number of rotatable bonds is 5. The van der Waals surface area contributed by atoms with E-state index >= 15 is 0 Å². The molecule has 1 N–H and O–H groups in total. The first-order valence-corrected chi connectivity index (χ1v) is 8.79. The summed E-state index contributed by atoms with van der Waals surface area (Å²) in [6.07, 6.45) is 1.59. The second-order valence-corrected chi connectivity index (χ2v) is 6.74. The number of oxazole rings is 1. The highest BCUT2D eigenvalue weighted by Gasteiger charge is 2.29. The first-order chi connectivity index (χ1) is 11.5. The third-order valence-corrected chi connectivity index (χ3v) is 4.99. The van der Waals surface area contributed by atoms with Gasteiger partial charge in [-0.3, -0.25) is 9.59 Å². The maximum Gasteiger partial charge on any atom is 0.305 e. The van der Waals surface area contributed by atoms with E-state index in [1.165, 1.54) is 6.26 Å². The highest BCUT2D eigenvalue weighted by atomic mass is 32.2. The number of furan rings is 1. The van der Waals surface area contributed by atoms with Gasteiger partial charge in [0.05, 0.1) is 30.8 Å². The van der Waals surface area contributed by atoms with E-state index < -0.39 is 5.97 Å². The van der Waals surface area contributed by atoms with Crippen molar-refractivity contribution in [3.63, 3.8) is 0 Å². The number of carboxylic acid groups (broad SMARTS) is 1. The topological polar surface area (TPSA) is 96.8 Å². The number of carbonyl (C=O) groups excluding carboxylic acids is 1. The number of aliphatic carboxylic acids is 1. The third kappa shape index (κ3) is 3.64. The van der Waals surface area contributed by atoms with Crippen molar-refractivity contribution in [3.05, 3.63) is 29.9 Å². The lowest BCUT2D eigenvalue weighted by atomic mass is 10.1. The zero-order valence-corrected chi connectivity index (χ0v) is 14.0. The summed E-state index contributed by atoms with van der Waals surface area (Å²) >= 11 is 1.67. The fraction of sp³-hybridized carbons (Fsp3) is 0.438. The zero-order chi connectivity index (χ0) is 17.1. The first-order valence-electron chi connectivity index (χ1n) is 7.64. The molecule has 3 rings (SSSR count). The van der Waals surface area contributed by atoms with Gasteiger partial charge in [-0.15, -0.1) is 0 Å². The van der Waals surface area contributed by atoms with E-state index in [1.54, 1.807) is 35.7 Å². The van der Waals surface area contributed by atoms with Crippen molar-refractivity contribution in [1.29, 1.82) is 0 Å². The van der Waals surface area contributed by atoms with Crippen LogP contribution in [-0.4, -0.2) is 51.0 Å². The van der Waals surface area contributed by atoms with Crippen LogP contribution in [0.1, 0.15) is 17.9 Å². The molecule has 2 aromatic heterocycles. The Labute approximate surface area is 143 Å². The van der Waals surface area contributed by atoms with E-state index in [0.29, 0.717) is 35.4 Å². The molecule has 1 unspecified atom stereocenters. The molecule has 3 heterocycles. The Balaban J connectivity index is 1.73. The summed E-state index contributed by atoms with van der Waals surface area (Å²) in [5.41, 5.74) is 0.554. The van der Waals surface area contributed by atoms with Gasteiger partial charge in [-0.05, 0) is 19.1 Å². The lowest BCUT2D eigenvalue weighted by molar-refractivity contribution is -0.140. The number of aromatic nitrogens is 1. The first kappa shape index (κ1) is 16.6. The summed E-state index contributed by atoms with van der Waals surface area (Å²) in [5, 5.41) is 9.02. The quantitative estimate of drug-likeness (QED) is 0.883. The monoisotopic (exact) mass is 350 g/mol. The number of aryl methyl sites for hydroxylation is 1. The van der Waals surface area contributed by atoms with Crippen molar-refractivity contribution in [2.45, 2.75) is 25.8 Å². The minimum atomic E-state index is -0.891. The Hall–Kier alpha value is -2.22. The number of hydrogen-bond donors (Lipinski definition) is 1. The van der Waals surface area contributed by atoms with Crippen LogP contribution in [0.5, 0.6) is 0 Å². The van der Waals surface area contributed by atoms with E-state index in [4.69, 9.17) is 13.9 Å². The normalized spacial score (nSPS) is 17.9. The number of thioether (sulfide) groups is 1. The summed E-state index contributed by atoms with van der Waals surface area (Å²) < 4.78 is 10.8. The molecular formula is C16H18N2O5S. The van der Waals surface area contributed by atoms with Crippen molar-refractivity contribution in [1.82, 2.24) is 9.88 Å². The van der Waals surface area contributed by atoms with Crippen LogP contribution >= 0.6 is 11.8 Å². The summed E-state index contributed by atoms with van der Waals surface area (Å²) in [5.74, 6) is 1.87. The molecule has 1 fully saturated rings. The van der Waals surface area contributed by atoms with Crippen LogP contribution in [0.2, 0.25) is 0 Å². The minimum Gasteiger partial charge on any atom is -0.481 e. The molecule has 1 atom stereocenters. The van der Waals surface area contributed by atoms with Gasteiger partial charge in [0, 0.05) is 18.1 Å². The Kier molecular flexibility index (Phi) is 4.94. The van der Waals surface area contributed by atoms with Crippen LogP contribution < -0.4 is 0 Å². The molecule has 8 heteroatoms. The van der Waals surface area contributed by atoms with Crippen LogP contribution in [-0.2, 0) is 16.0 Å². The van der Waals surface area contributed by atoms with Crippen LogP contribution in [0.3, 0.4) is 0 Å². The van der Waals surface area contributed by atoms with Crippen LogP contribution in [0.25, 0.3) is 11.7 Å². The molecule has 2 aromatic rings. The number of carbonyl (C=O) groups is 2. The minimum absolute atomic E-state index is 0.0335. The van der Waals surface area contributed by atoms with Gasteiger partial charge >= 0.3 is 5.97 Å². The van der Waals surface area contributed by atoms with Crippen LogP contribution in [0, 0.1) is 6.92 Å². The second-order valence-electron chi connectivity index (χ2n) is 5.59. The maximum atomic E-state index is 12.6. The van der Waals surface area contributed by atoms with Gasteiger partial charge in [0.25, 0.3) is 5.89 Å². The fourth-order valence-corrected chi connectivity index (χ4v) is 3.76. The molecule has 0 radical (unpaired) electrons. The molecule has 0 saturated carbocycles. The predicted octanol–water partition coefficient (Wildman–Crippen LogP) is 2.20. The molecule has 1 amide bonds. The van der Waals surface area contributed by atoms with E-state index in [-0.39, 0.29) is 24.8 Å². The van der Waals surface area contributed by atoms with Gasteiger partial charge in [-0.2, -0.15) is 11.8 Å². The Morgan fingerprint density at radius 1 is 1.50 bits per heavy atom. The smallest absolute Gasteiger partial charge is 0.305 e. The van der Waals surface area contributed by atoms with E-state index in [9.17, 15) is 9.59 Å². The Bertz CT molecular complexity index is 725. The molecule has 0 aliphatic carbocycles. The molecule has 0 bridgehead atoms. The summed E-state index contributed by atoms with van der Waals surface area (Å²) in [7, 11) is 0. The average molecular weight is 350 g/mol. The van der Waals surface area contributed by atoms with Gasteiger partial charge in [-0.1, -0.05) is 0 Å². The lowest BCUT2D eigenvalue weighted by Gasteiger charge is -2.34. The molecular weight excluding hydrogens is 332 g/mol. The van der Waals surface area contributed by atoms with Gasteiger partial charge in [0.1, 0.15) is 5.76 Å². The van der Waals surface area contributed by atoms with E-state index in [2.05, 4.69) is 4.98 Å². The highest BCUT2D eigenvalue weighted by Crippen LogP contribution is 2.24. The second kappa shape index (κ2) is 7.12. The molecule has 0 spiro atoms. The molecule has 7 nitrogen and oxygen atoms in total. The largest absolute Gasteiger partial charge is 0.481 e. The molecule has 1 saturated heterocycles. The number of amides is 1. The molecule has 24 heavy (non-hydrogen) atoms. The van der Waals surface area contributed by atoms with Gasteiger partial charge in [-0.25, -0.2) is 4.98 Å². The van der Waals surface area contributed by atoms with Gasteiger partial charge in [0.15, 0.2) is 5.76 Å². The van der Waals surface area contributed by atoms with Gasteiger partial charge < -0.3 is 18.8 Å². The van der Waals surface area contributed by atoms with Crippen LogP contribution in [0.15, 0.2) is 27.2 Å². The Morgan fingerprint density at radius 3 is 3.04 bits per heavy atom. The maximum absolute atomic E-state index is 12.6.